The third kappa shape index (κ3) is 8.32. The van der Waals surface area contributed by atoms with Crippen molar-refractivity contribution in [3.63, 3.8) is 0 Å². The number of nitrogens with one attached hydrogen (secondary N) is 3. The maximum atomic E-state index is 11.6. The predicted octanol–water partition coefficient (Wildman–Crippen LogP) is 3.00. The Morgan fingerprint density at radius 1 is 1.13 bits per heavy atom. The molecule has 0 aliphatic rings. The molecule has 0 aliphatic carbocycles. The zero-order chi connectivity index (χ0) is 22.1. The second-order valence-electron chi connectivity index (χ2n) is 6.83. The molecule has 11 heteroatoms. The van der Waals surface area contributed by atoms with Gasteiger partial charge in [0, 0.05) is 39.0 Å². The van der Waals surface area contributed by atoms with E-state index in [1.807, 2.05) is 18.2 Å². The van der Waals surface area contributed by atoms with E-state index < -0.39 is 14.8 Å². The van der Waals surface area contributed by atoms with Crippen LogP contribution >= 0.6 is 24.0 Å². The Hall–Kier alpha value is -2.41. The van der Waals surface area contributed by atoms with Crippen LogP contribution in [-0.2, 0) is 9.84 Å². The third-order valence-corrected chi connectivity index (χ3v) is 5.61. The van der Waals surface area contributed by atoms with E-state index in [1.165, 1.54) is 17.7 Å². The Labute approximate surface area is 199 Å². The molecule has 0 bridgehead atoms. The number of hydrogen-bond donors (Lipinski definition) is 3. The van der Waals surface area contributed by atoms with Crippen molar-refractivity contribution >= 4 is 51.1 Å². The van der Waals surface area contributed by atoms with Gasteiger partial charge in [-0.15, -0.1) is 24.0 Å². The molecule has 0 radical (unpaired) electrons. The monoisotopic (exact) mass is 561 g/mol. The Balaban J connectivity index is 0.00000480. The quantitative estimate of drug-likeness (QED) is 0.107. The molecule has 0 spiro atoms. The summed E-state index contributed by atoms with van der Waals surface area (Å²) in [6.45, 7) is 3.67. The van der Waals surface area contributed by atoms with Crippen molar-refractivity contribution in [2.45, 2.75) is 17.7 Å². The number of nitrogens with zero attached hydrogens (tertiary/aromatic N) is 2. The average Bonchev–Trinajstić information content (AvgIpc) is 2.72. The van der Waals surface area contributed by atoms with E-state index in [1.54, 1.807) is 7.05 Å². The van der Waals surface area contributed by atoms with Crippen molar-refractivity contribution < 1.29 is 13.3 Å². The second kappa shape index (κ2) is 12.4. The smallest absolute Gasteiger partial charge is 0.293 e. The molecule has 3 N–H and O–H groups in total. The van der Waals surface area contributed by atoms with E-state index in [4.69, 9.17) is 0 Å². The van der Waals surface area contributed by atoms with Crippen molar-refractivity contribution in [3.05, 3.63) is 64.2 Å². The van der Waals surface area contributed by atoms with Gasteiger partial charge in [-0.2, -0.15) is 0 Å². The Morgan fingerprint density at radius 2 is 1.81 bits per heavy atom. The van der Waals surface area contributed by atoms with Crippen LogP contribution in [0.15, 0.2) is 58.4 Å². The molecule has 0 aliphatic heterocycles. The molecule has 170 valence electrons. The van der Waals surface area contributed by atoms with E-state index in [0.717, 1.165) is 12.3 Å². The topological polar surface area (TPSA) is 126 Å². The largest absolute Gasteiger partial charge is 0.378 e. The average molecular weight is 561 g/mol. The third-order valence-electron chi connectivity index (χ3n) is 4.49. The first-order valence-electron chi connectivity index (χ1n) is 9.44. The van der Waals surface area contributed by atoms with Crippen LogP contribution in [0, 0.1) is 10.1 Å². The summed E-state index contributed by atoms with van der Waals surface area (Å²) in [5.74, 6) is 0.931. The first kappa shape index (κ1) is 26.6. The zero-order valence-electron chi connectivity index (χ0n) is 17.7. The van der Waals surface area contributed by atoms with Crippen LogP contribution in [0.1, 0.15) is 18.4 Å². The number of sulfone groups is 1. The first-order valence-corrected chi connectivity index (χ1v) is 11.3. The zero-order valence-corrected chi connectivity index (χ0v) is 20.8. The highest BCUT2D eigenvalue weighted by Gasteiger charge is 2.18. The van der Waals surface area contributed by atoms with Gasteiger partial charge in [-0.3, -0.25) is 15.1 Å². The van der Waals surface area contributed by atoms with E-state index in [9.17, 15) is 18.5 Å². The lowest BCUT2D eigenvalue weighted by molar-refractivity contribution is -0.384. The molecule has 0 saturated heterocycles. The summed E-state index contributed by atoms with van der Waals surface area (Å²) >= 11 is 0. The maximum Gasteiger partial charge on any atom is 0.293 e. The van der Waals surface area contributed by atoms with Gasteiger partial charge < -0.3 is 16.0 Å². The molecule has 1 atom stereocenters. The fourth-order valence-electron chi connectivity index (χ4n) is 2.79. The van der Waals surface area contributed by atoms with Gasteiger partial charge in [0.05, 0.1) is 9.82 Å². The fourth-order valence-corrected chi connectivity index (χ4v) is 3.43. The number of rotatable bonds is 9. The van der Waals surface area contributed by atoms with Gasteiger partial charge in [0.2, 0.25) is 0 Å². The number of nitro benzene ring substituents is 1. The molecule has 0 saturated carbocycles. The highest BCUT2D eigenvalue weighted by Crippen LogP contribution is 2.27. The molecule has 9 nitrogen and oxygen atoms in total. The normalized spacial score (nSPS) is 12.4. The van der Waals surface area contributed by atoms with Crippen LogP contribution in [0.3, 0.4) is 0 Å². The van der Waals surface area contributed by atoms with Crippen LogP contribution < -0.4 is 16.0 Å². The first-order chi connectivity index (χ1) is 14.2. The SMILES string of the molecule is CN=C(NCCNc1ccc(S(C)(=O)=O)cc1[N+](=O)[O-])NCC(C)c1ccccc1.I. The van der Waals surface area contributed by atoms with Crippen molar-refractivity contribution in [2.75, 3.05) is 38.3 Å². The molecule has 0 heterocycles. The predicted molar refractivity (Wildman–Crippen MR) is 134 cm³/mol. The van der Waals surface area contributed by atoms with Crippen molar-refractivity contribution in [1.82, 2.24) is 10.6 Å². The Kier molecular flexibility index (Phi) is 10.7. The molecule has 0 amide bonds. The number of halogens is 1. The number of anilines is 1. The maximum absolute atomic E-state index is 11.6. The number of hydrogen-bond acceptors (Lipinski definition) is 6. The molecule has 31 heavy (non-hydrogen) atoms. The summed E-state index contributed by atoms with van der Waals surface area (Å²) in [5.41, 5.74) is 1.21. The van der Waals surface area contributed by atoms with Gasteiger partial charge in [0.15, 0.2) is 15.8 Å². The fraction of sp³-hybridized carbons (Fsp3) is 0.350. The highest BCUT2D eigenvalue weighted by molar-refractivity contribution is 14.0. The van der Waals surface area contributed by atoms with Gasteiger partial charge in [-0.25, -0.2) is 8.42 Å². The van der Waals surface area contributed by atoms with Gasteiger partial charge in [-0.1, -0.05) is 37.3 Å². The number of nitro groups is 1. The standard InChI is InChI=1S/C20H27N5O4S.HI/c1-15(16-7-5-4-6-8-16)14-24-20(21-2)23-12-11-22-18-10-9-17(30(3,28)29)13-19(18)25(26)27;/h4-10,13,15,22H,11-12,14H2,1-3H3,(H2,21,23,24);1H. The molecular formula is C20H28IN5O4S. The van der Waals surface area contributed by atoms with Crippen molar-refractivity contribution in [1.29, 1.82) is 0 Å². The molecule has 2 rings (SSSR count). The van der Waals surface area contributed by atoms with Gasteiger partial charge in [0.1, 0.15) is 5.69 Å². The van der Waals surface area contributed by atoms with Crippen LogP contribution in [-0.4, -0.2) is 52.2 Å². The lowest BCUT2D eigenvalue weighted by Crippen LogP contribution is -2.41. The Morgan fingerprint density at radius 3 is 2.39 bits per heavy atom. The lowest BCUT2D eigenvalue weighted by atomic mass is 10.0. The van der Waals surface area contributed by atoms with Crippen LogP contribution in [0.25, 0.3) is 0 Å². The summed E-state index contributed by atoms with van der Waals surface area (Å²) in [5, 5.41) is 20.6. The van der Waals surface area contributed by atoms with Gasteiger partial charge >= 0.3 is 0 Å². The summed E-state index contributed by atoms with van der Waals surface area (Å²) < 4.78 is 23.2. The lowest BCUT2D eigenvalue weighted by Gasteiger charge is -2.16. The summed E-state index contributed by atoms with van der Waals surface area (Å²) in [4.78, 5) is 14.8. The number of benzene rings is 2. The van der Waals surface area contributed by atoms with Crippen LogP contribution in [0.5, 0.6) is 0 Å². The number of guanidine groups is 1. The minimum Gasteiger partial charge on any atom is -0.378 e. The van der Waals surface area contributed by atoms with Gasteiger partial charge in [0.25, 0.3) is 5.69 Å². The van der Waals surface area contributed by atoms with Crippen LogP contribution in [0.4, 0.5) is 11.4 Å². The summed E-state index contributed by atoms with van der Waals surface area (Å²) in [6.07, 6.45) is 1.01. The molecule has 2 aromatic rings. The van der Waals surface area contributed by atoms with Gasteiger partial charge in [-0.05, 0) is 23.6 Å². The van der Waals surface area contributed by atoms with E-state index in [2.05, 4.69) is 40.0 Å². The number of aliphatic imine (C=N–C) groups is 1. The minimum absolute atomic E-state index is 0. The highest BCUT2D eigenvalue weighted by atomic mass is 127. The van der Waals surface area contributed by atoms with E-state index in [-0.39, 0.29) is 40.2 Å². The van der Waals surface area contributed by atoms with E-state index >= 15 is 0 Å². The summed E-state index contributed by atoms with van der Waals surface area (Å²) in [7, 11) is -1.85. The summed E-state index contributed by atoms with van der Waals surface area (Å²) in [6, 6.07) is 14.0. The second-order valence-corrected chi connectivity index (χ2v) is 8.84. The van der Waals surface area contributed by atoms with E-state index in [0.29, 0.717) is 31.5 Å². The molecule has 2 aromatic carbocycles. The minimum atomic E-state index is -3.52. The van der Waals surface area contributed by atoms with Crippen molar-refractivity contribution in [2.24, 2.45) is 4.99 Å². The van der Waals surface area contributed by atoms with Crippen LogP contribution in [0.2, 0.25) is 0 Å². The van der Waals surface area contributed by atoms with Crippen molar-refractivity contribution in [3.8, 4) is 0 Å². The molecule has 0 fully saturated rings. The molecule has 1 unspecified atom stereocenters. The molecule has 0 aromatic heterocycles. The molecular weight excluding hydrogens is 533 g/mol. The Bertz CT molecular complexity index is 1000.